The van der Waals surface area contributed by atoms with E-state index in [4.69, 9.17) is 16.3 Å². The molecule has 0 spiro atoms. The zero-order chi connectivity index (χ0) is 15.1. The van der Waals surface area contributed by atoms with Crippen molar-refractivity contribution in [3.63, 3.8) is 0 Å². The fourth-order valence-corrected chi connectivity index (χ4v) is 2.80. The van der Waals surface area contributed by atoms with Gasteiger partial charge in [0, 0.05) is 5.02 Å². The van der Waals surface area contributed by atoms with Crippen LogP contribution >= 0.6 is 11.6 Å². The average molecular weight is 312 g/mol. The Bertz CT molecular complexity index is 449. The number of benzene rings is 1. The van der Waals surface area contributed by atoms with Gasteiger partial charge in [0.1, 0.15) is 11.8 Å². The summed E-state index contributed by atoms with van der Waals surface area (Å²) in [5, 5.41) is 9.91. The van der Waals surface area contributed by atoms with Gasteiger partial charge in [0.15, 0.2) is 0 Å². The molecule has 1 aromatic rings. The number of piperidine rings is 1. The molecule has 21 heavy (non-hydrogen) atoms. The van der Waals surface area contributed by atoms with Crippen molar-refractivity contribution >= 4 is 17.6 Å². The number of carboxylic acid groups (broad SMARTS) is 1. The van der Waals surface area contributed by atoms with E-state index in [-0.39, 0.29) is 6.04 Å². The van der Waals surface area contributed by atoms with Gasteiger partial charge in [0.2, 0.25) is 0 Å². The fourth-order valence-electron chi connectivity index (χ4n) is 2.68. The summed E-state index contributed by atoms with van der Waals surface area (Å²) in [6, 6.07) is 7.03. The average Bonchev–Trinajstić information content (AvgIpc) is 2.49. The van der Waals surface area contributed by atoms with Gasteiger partial charge in [-0.25, -0.2) is 0 Å². The van der Waals surface area contributed by atoms with Gasteiger partial charge < -0.3 is 9.84 Å². The van der Waals surface area contributed by atoms with E-state index in [0.717, 1.165) is 50.9 Å². The van der Waals surface area contributed by atoms with Crippen LogP contribution in [0.3, 0.4) is 0 Å². The number of nitrogens with zero attached hydrogens (tertiary/aromatic N) is 1. The number of hydrogen-bond acceptors (Lipinski definition) is 3. The van der Waals surface area contributed by atoms with Crippen LogP contribution in [-0.2, 0) is 4.79 Å². The molecule has 1 aliphatic rings. The summed E-state index contributed by atoms with van der Waals surface area (Å²) < 4.78 is 5.63. The summed E-state index contributed by atoms with van der Waals surface area (Å²) in [4.78, 5) is 13.3. The number of ether oxygens (including phenoxy) is 1. The van der Waals surface area contributed by atoms with Crippen molar-refractivity contribution in [1.82, 2.24) is 4.90 Å². The molecule has 1 aliphatic heterocycles. The van der Waals surface area contributed by atoms with Gasteiger partial charge in [0.25, 0.3) is 0 Å². The number of likely N-dealkylation sites (tertiary alicyclic amines) is 1. The van der Waals surface area contributed by atoms with Crippen LogP contribution in [0.25, 0.3) is 0 Å². The molecule has 0 aliphatic carbocycles. The molecule has 0 radical (unpaired) electrons. The Hall–Kier alpha value is -1.26. The van der Waals surface area contributed by atoms with Gasteiger partial charge in [-0.1, -0.05) is 18.0 Å². The Kier molecular flexibility index (Phi) is 6.33. The first-order valence-electron chi connectivity index (χ1n) is 7.52. The number of unbranched alkanes of at least 4 members (excludes halogenated alkanes) is 1. The molecule has 1 fully saturated rings. The molecule has 1 saturated heterocycles. The molecular formula is C16H22ClNO3. The molecule has 0 saturated carbocycles. The third-order valence-corrected chi connectivity index (χ3v) is 4.07. The van der Waals surface area contributed by atoms with Crippen molar-refractivity contribution in [1.29, 1.82) is 0 Å². The normalized spacial score (nSPS) is 19.4. The van der Waals surface area contributed by atoms with Gasteiger partial charge in [0.05, 0.1) is 6.61 Å². The lowest BCUT2D eigenvalue weighted by Crippen LogP contribution is -2.45. The maximum absolute atomic E-state index is 11.2. The van der Waals surface area contributed by atoms with E-state index in [1.54, 1.807) is 0 Å². The SMILES string of the molecule is O=C(O)C1CCCCN1CCCCOc1ccc(Cl)cc1. The predicted molar refractivity (Wildman–Crippen MR) is 83.0 cm³/mol. The zero-order valence-corrected chi connectivity index (χ0v) is 12.9. The molecule has 1 heterocycles. The van der Waals surface area contributed by atoms with Crippen molar-refractivity contribution in [3.05, 3.63) is 29.3 Å². The smallest absolute Gasteiger partial charge is 0.320 e. The first-order chi connectivity index (χ1) is 10.2. The monoisotopic (exact) mass is 311 g/mol. The van der Waals surface area contributed by atoms with Gasteiger partial charge in [-0.3, -0.25) is 9.69 Å². The summed E-state index contributed by atoms with van der Waals surface area (Å²) in [6.45, 7) is 2.38. The second kappa shape index (κ2) is 8.25. The molecular weight excluding hydrogens is 290 g/mol. The lowest BCUT2D eigenvalue weighted by molar-refractivity contribution is -0.144. The molecule has 5 heteroatoms. The third kappa shape index (κ3) is 5.21. The topological polar surface area (TPSA) is 49.8 Å². The van der Waals surface area contributed by atoms with Crippen LogP contribution in [-0.4, -0.2) is 41.7 Å². The van der Waals surface area contributed by atoms with E-state index >= 15 is 0 Å². The zero-order valence-electron chi connectivity index (χ0n) is 12.1. The largest absolute Gasteiger partial charge is 0.494 e. The Balaban J connectivity index is 1.64. The van der Waals surface area contributed by atoms with Gasteiger partial charge >= 0.3 is 5.97 Å². The Morgan fingerprint density at radius 3 is 2.76 bits per heavy atom. The van der Waals surface area contributed by atoms with Crippen LogP contribution in [0.1, 0.15) is 32.1 Å². The lowest BCUT2D eigenvalue weighted by Gasteiger charge is -2.32. The number of aliphatic carboxylic acids is 1. The van der Waals surface area contributed by atoms with Crippen LogP contribution in [0.15, 0.2) is 24.3 Å². The minimum absolute atomic E-state index is 0.295. The highest BCUT2D eigenvalue weighted by Crippen LogP contribution is 2.18. The number of carboxylic acids is 1. The molecule has 1 unspecified atom stereocenters. The standard InChI is InChI=1S/C16H22ClNO3/c17-13-6-8-14(9-7-13)21-12-4-3-11-18-10-2-1-5-15(18)16(19)20/h6-9,15H,1-5,10-12H2,(H,19,20). The summed E-state index contributed by atoms with van der Waals surface area (Å²) in [5.41, 5.74) is 0. The molecule has 0 aromatic heterocycles. The maximum Gasteiger partial charge on any atom is 0.320 e. The molecule has 0 bridgehead atoms. The highest BCUT2D eigenvalue weighted by atomic mass is 35.5. The Labute approximate surface area is 130 Å². The quantitative estimate of drug-likeness (QED) is 0.784. The molecule has 1 atom stereocenters. The molecule has 2 rings (SSSR count). The minimum atomic E-state index is -0.688. The number of hydrogen-bond donors (Lipinski definition) is 1. The third-order valence-electron chi connectivity index (χ3n) is 3.82. The van der Waals surface area contributed by atoms with Crippen LogP contribution in [0, 0.1) is 0 Å². The molecule has 1 aromatic carbocycles. The van der Waals surface area contributed by atoms with Crippen molar-refractivity contribution in [2.45, 2.75) is 38.1 Å². The second-order valence-electron chi connectivity index (χ2n) is 5.40. The molecule has 0 amide bonds. The van der Waals surface area contributed by atoms with E-state index in [1.165, 1.54) is 0 Å². The van der Waals surface area contributed by atoms with E-state index in [9.17, 15) is 9.90 Å². The lowest BCUT2D eigenvalue weighted by atomic mass is 10.0. The number of rotatable bonds is 7. The number of carbonyl (C=O) groups is 1. The molecule has 116 valence electrons. The Morgan fingerprint density at radius 2 is 2.05 bits per heavy atom. The predicted octanol–water partition coefficient (Wildman–Crippen LogP) is 3.44. The highest BCUT2D eigenvalue weighted by molar-refractivity contribution is 6.30. The summed E-state index contributed by atoms with van der Waals surface area (Å²) in [6.07, 6.45) is 4.78. The molecule has 1 N–H and O–H groups in total. The first-order valence-corrected chi connectivity index (χ1v) is 7.90. The minimum Gasteiger partial charge on any atom is -0.494 e. The molecule has 4 nitrogen and oxygen atoms in total. The fraction of sp³-hybridized carbons (Fsp3) is 0.562. The van der Waals surface area contributed by atoms with Crippen LogP contribution < -0.4 is 4.74 Å². The van der Waals surface area contributed by atoms with Crippen LogP contribution in [0.4, 0.5) is 0 Å². The summed E-state index contributed by atoms with van der Waals surface area (Å²) in [5.74, 6) is 0.132. The van der Waals surface area contributed by atoms with Crippen molar-refractivity contribution in [2.75, 3.05) is 19.7 Å². The van der Waals surface area contributed by atoms with E-state index in [0.29, 0.717) is 11.6 Å². The van der Waals surface area contributed by atoms with Crippen molar-refractivity contribution < 1.29 is 14.6 Å². The van der Waals surface area contributed by atoms with E-state index in [1.807, 2.05) is 24.3 Å². The first kappa shape index (κ1) is 16.1. The van der Waals surface area contributed by atoms with E-state index in [2.05, 4.69) is 4.90 Å². The van der Waals surface area contributed by atoms with Crippen LogP contribution in [0.5, 0.6) is 5.75 Å². The number of halogens is 1. The second-order valence-corrected chi connectivity index (χ2v) is 5.83. The highest BCUT2D eigenvalue weighted by Gasteiger charge is 2.27. The van der Waals surface area contributed by atoms with Gasteiger partial charge in [-0.15, -0.1) is 0 Å². The van der Waals surface area contributed by atoms with Crippen molar-refractivity contribution in [3.8, 4) is 5.75 Å². The summed E-state index contributed by atoms with van der Waals surface area (Å²) in [7, 11) is 0. The van der Waals surface area contributed by atoms with E-state index < -0.39 is 5.97 Å². The summed E-state index contributed by atoms with van der Waals surface area (Å²) >= 11 is 5.81. The van der Waals surface area contributed by atoms with Crippen LogP contribution in [0.2, 0.25) is 5.02 Å². The Morgan fingerprint density at radius 1 is 1.29 bits per heavy atom. The van der Waals surface area contributed by atoms with Gasteiger partial charge in [-0.2, -0.15) is 0 Å². The van der Waals surface area contributed by atoms with Crippen molar-refractivity contribution in [2.24, 2.45) is 0 Å². The maximum atomic E-state index is 11.2. The van der Waals surface area contributed by atoms with Gasteiger partial charge in [-0.05, 0) is 63.0 Å².